The summed E-state index contributed by atoms with van der Waals surface area (Å²) in [6.45, 7) is 2.06. The molecule has 3 aromatic rings. The van der Waals surface area contributed by atoms with E-state index in [1.165, 1.54) is 11.1 Å². The van der Waals surface area contributed by atoms with Crippen molar-refractivity contribution in [3.05, 3.63) is 59.4 Å². The first-order chi connectivity index (χ1) is 10.2. The van der Waals surface area contributed by atoms with Crippen LogP contribution in [-0.4, -0.2) is 20.0 Å². The molecule has 1 N–H and O–H groups in total. The van der Waals surface area contributed by atoms with Crippen LogP contribution in [0.3, 0.4) is 0 Å². The van der Waals surface area contributed by atoms with E-state index < -0.39 is 0 Å². The highest BCUT2D eigenvalue weighted by molar-refractivity contribution is 6.21. The van der Waals surface area contributed by atoms with Crippen LogP contribution in [0.15, 0.2) is 42.7 Å². The fraction of sp³-hybridized carbons (Fsp3) is 0.250. The third-order valence-corrected chi connectivity index (χ3v) is 4.40. The van der Waals surface area contributed by atoms with Crippen molar-refractivity contribution in [1.29, 1.82) is 0 Å². The molecule has 0 amide bonds. The summed E-state index contributed by atoms with van der Waals surface area (Å²) in [5.74, 6) is 0.926. The minimum Gasteiger partial charge on any atom is -0.362 e. The van der Waals surface area contributed by atoms with Gasteiger partial charge in [0.05, 0.1) is 11.4 Å². The monoisotopic (exact) mass is 298 g/mol. The molecule has 0 radical (unpaired) electrons. The van der Waals surface area contributed by atoms with Crippen LogP contribution >= 0.6 is 11.6 Å². The Morgan fingerprint density at radius 2 is 2.14 bits per heavy atom. The smallest absolute Gasteiger partial charge is 0.157 e. The Morgan fingerprint density at radius 1 is 1.29 bits per heavy atom. The molecule has 21 heavy (non-hydrogen) atoms. The van der Waals surface area contributed by atoms with Crippen LogP contribution in [0.5, 0.6) is 0 Å². The number of hydrogen-bond acceptors (Lipinski definition) is 3. The number of nitrogens with one attached hydrogen (secondary N) is 1. The second kappa shape index (κ2) is 4.74. The van der Waals surface area contributed by atoms with Crippen LogP contribution in [0.4, 0.5) is 5.82 Å². The topological polar surface area (TPSA) is 42.2 Å². The lowest BCUT2D eigenvalue weighted by Gasteiger charge is -2.19. The van der Waals surface area contributed by atoms with Crippen LogP contribution in [-0.2, 0) is 6.42 Å². The molecule has 0 saturated heterocycles. The molecule has 1 aliphatic rings. The maximum atomic E-state index is 6.55. The van der Waals surface area contributed by atoms with Gasteiger partial charge in [0.2, 0.25) is 0 Å². The van der Waals surface area contributed by atoms with Crippen LogP contribution < -0.4 is 5.32 Å². The van der Waals surface area contributed by atoms with E-state index in [0.717, 1.165) is 23.4 Å². The average Bonchev–Trinajstić information content (AvgIpc) is 3.04. The molecule has 2 atom stereocenters. The van der Waals surface area contributed by atoms with E-state index in [9.17, 15) is 0 Å². The molecule has 2 heterocycles. The van der Waals surface area contributed by atoms with Crippen molar-refractivity contribution in [2.45, 2.75) is 24.8 Å². The SMILES string of the molecule is Cc1cc(NC2c3ccccc3CC2Cl)n2ncnc2c1. The number of pyridine rings is 1. The van der Waals surface area contributed by atoms with Gasteiger partial charge in [-0.05, 0) is 42.2 Å². The van der Waals surface area contributed by atoms with Crippen molar-refractivity contribution >= 4 is 23.1 Å². The Balaban J connectivity index is 1.77. The maximum absolute atomic E-state index is 6.55. The summed E-state index contributed by atoms with van der Waals surface area (Å²) >= 11 is 6.55. The van der Waals surface area contributed by atoms with Crippen LogP contribution in [0, 0.1) is 6.92 Å². The Kier molecular flexibility index (Phi) is 2.86. The molecule has 1 aromatic carbocycles. The highest BCUT2D eigenvalue weighted by Crippen LogP contribution is 2.37. The predicted octanol–water partition coefficient (Wildman–Crippen LogP) is 3.35. The van der Waals surface area contributed by atoms with E-state index in [-0.39, 0.29) is 11.4 Å². The second-order valence-electron chi connectivity index (χ2n) is 5.49. The van der Waals surface area contributed by atoms with Gasteiger partial charge in [-0.15, -0.1) is 11.6 Å². The maximum Gasteiger partial charge on any atom is 0.157 e. The first-order valence-electron chi connectivity index (χ1n) is 7.01. The Hall–Kier alpha value is -2.07. The lowest BCUT2D eigenvalue weighted by molar-refractivity contribution is 0.757. The third-order valence-electron chi connectivity index (χ3n) is 3.99. The van der Waals surface area contributed by atoms with Crippen molar-refractivity contribution in [2.24, 2.45) is 0 Å². The molecule has 2 unspecified atom stereocenters. The van der Waals surface area contributed by atoms with Gasteiger partial charge in [0, 0.05) is 0 Å². The van der Waals surface area contributed by atoms with Crippen molar-refractivity contribution in [2.75, 3.05) is 5.32 Å². The van der Waals surface area contributed by atoms with E-state index in [1.54, 1.807) is 6.33 Å². The zero-order chi connectivity index (χ0) is 14.4. The van der Waals surface area contributed by atoms with E-state index in [4.69, 9.17) is 11.6 Å². The van der Waals surface area contributed by atoms with E-state index in [2.05, 4.69) is 52.7 Å². The molecule has 5 heteroatoms. The molecule has 0 fully saturated rings. The van der Waals surface area contributed by atoms with Gasteiger partial charge in [-0.1, -0.05) is 24.3 Å². The van der Waals surface area contributed by atoms with Gasteiger partial charge in [-0.25, -0.2) is 4.98 Å². The predicted molar refractivity (Wildman–Crippen MR) is 83.9 cm³/mol. The number of nitrogens with zero attached hydrogens (tertiary/aromatic N) is 3. The van der Waals surface area contributed by atoms with Crippen LogP contribution in [0.25, 0.3) is 5.65 Å². The fourth-order valence-electron chi connectivity index (χ4n) is 3.03. The summed E-state index contributed by atoms with van der Waals surface area (Å²) < 4.78 is 1.82. The highest BCUT2D eigenvalue weighted by Gasteiger charge is 2.31. The van der Waals surface area contributed by atoms with Gasteiger partial charge < -0.3 is 5.32 Å². The molecule has 106 valence electrons. The lowest BCUT2D eigenvalue weighted by atomic mass is 10.1. The van der Waals surface area contributed by atoms with Crippen molar-refractivity contribution in [3.63, 3.8) is 0 Å². The van der Waals surface area contributed by atoms with E-state index in [0.29, 0.717) is 0 Å². The number of anilines is 1. The van der Waals surface area contributed by atoms with E-state index in [1.807, 2.05) is 10.6 Å². The number of aryl methyl sites for hydroxylation is 1. The van der Waals surface area contributed by atoms with E-state index >= 15 is 0 Å². The van der Waals surface area contributed by atoms with Gasteiger partial charge in [0.25, 0.3) is 0 Å². The van der Waals surface area contributed by atoms with Gasteiger partial charge in [-0.3, -0.25) is 0 Å². The van der Waals surface area contributed by atoms with Gasteiger partial charge in [0.1, 0.15) is 12.1 Å². The number of rotatable bonds is 2. The third kappa shape index (κ3) is 2.07. The summed E-state index contributed by atoms with van der Waals surface area (Å²) in [7, 11) is 0. The number of hydrogen-bond donors (Lipinski definition) is 1. The lowest BCUT2D eigenvalue weighted by Crippen LogP contribution is -2.18. The summed E-state index contributed by atoms with van der Waals surface area (Å²) in [6, 6.07) is 12.6. The summed E-state index contributed by atoms with van der Waals surface area (Å²) in [5, 5.41) is 7.87. The normalized spacial score (nSPS) is 20.7. The minimum absolute atomic E-state index is 0.0430. The van der Waals surface area contributed by atoms with Crippen LogP contribution in [0.1, 0.15) is 22.7 Å². The van der Waals surface area contributed by atoms with Crippen molar-refractivity contribution < 1.29 is 0 Å². The number of alkyl halides is 1. The second-order valence-corrected chi connectivity index (χ2v) is 6.05. The Bertz CT molecular complexity index is 811. The summed E-state index contributed by atoms with van der Waals surface area (Å²) in [6.07, 6.45) is 2.46. The summed E-state index contributed by atoms with van der Waals surface area (Å²) in [5.41, 5.74) is 4.58. The Labute approximate surface area is 127 Å². The summed E-state index contributed by atoms with van der Waals surface area (Å²) in [4.78, 5) is 4.26. The van der Waals surface area contributed by atoms with Gasteiger partial charge in [-0.2, -0.15) is 9.61 Å². The zero-order valence-electron chi connectivity index (χ0n) is 11.6. The molecule has 2 aromatic heterocycles. The highest BCUT2D eigenvalue weighted by atomic mass is 35.5. The van der Waals surface area contributed by atoms with Crippen molar-refractivity contribution in [1.82, 2.24) is 14.6 Å². The molecule has 1 aliphatic carbocycles. The average molecular weight is 299 g/mol. The molecule has 4 rings (SSSR count). The number of halogens is 1. The number of aromatic nitrogens is 3. The Morgan fingerprint density at radius 3 is 3.05 bits per heavy atom. The molecular formula is C16H15ClN4. The largest absolute Gasteiger partial charge is 0.362 e. The molecule has 4 nitrogen and oxygen atoms in total. The molecule has 0 spiro atoms. The molecule has 0 saturated carbocycles. The first-order valence-corrected chi connectivity index (χ1v) is 7.45. The van der Waals surface area contributed by atoms with Crippen molar-refractivity contribution in [3.8, 4) is 0 Å². The standard InChI is InChI=1S/C16H15ClN4/c1-10-6-14-18-9-19-21(14)15(7-10)20-16-12-5-3-2-4-11(12)8-13(16)17/h2-7,9,13,16,20H,8H2,1H3. The fourth-order valence-corrected chi connectivity index (χ4v) is 3.40. The first kappa shape index (κ1) is 12.7. The quantitative estimate of drug-likeness (QED) is 0.738. The molecule has 0 bridgehead atoms. The minimum atomic E-state index is 0.0430. The molecular weight excluding hydrogens is 284 g/mol. The number of benzene rings is 1. The van der Waals surface area contributed by atoms with Gasteiger partial charge in [0.15, 0.2) is 5.65 Å². The number of fused-ring (bicyclic) bond motifs is 2. The zero-order valence-corrected chi connectivity index (χ0v) is 12.4. The van der Waals surface area contributed by atoms with Crippen LogP contribution in [0.2, 0.25) is 0 Å². The van der Waals surface area contributed by atoms with Gasteiger partial charge >= 0.3 is 0 Å². The molecule has 0 aliphatic heterocycles.